The number of pyridine rings is 1. The summed E-state index contributed by atoms with van der Waals surface area (Å²) in [7, 11) is 0. The fourth-order valence-electron chi connectivity index (χ4n) is 6.41. The monoisotopic (exact) mass is 512 g/mol. The first kappa shape index (κ1) is 22.5. The van der Waals surface area contributed by atoms with Crippen molar-refractivity contribution < 1.29 is 1.43 Å². The summed E-state index contributed by atoms with van der Waals surface area (Å²) in [6.07, 6.45) is 14.8. The second-order valence-electron chi connectivity index (χ2n) is 11.0. The molecule has 5 aromatic rings. The number of rotatable bonds is 3. The third kappa shape index (κ3) is 3.90. The van der Waals surface area contributed by atoms with Crippen LogP contribution in [0.15, 0.2) is 61.4 Å². The van der Waals surface area contributed by atoms with Crippen molar-refractivity contribution in [3.05, 3.63) is 95.8 Å². The quantitative estimate of drug-likeness (QED) is 0.300. The van der Waals surface area contributed by atoms with Crippen molar-refractivity contribution in [2.24, 2.45) is 11.8 Å². The average Bonchev–Trinajstić information content (AvgIpc) is 3.41. The van der Waals surface area contributed by atoms with Gasteiger partial charge in [0, 0.05) is 38.9 Å². The highest BCUT2D eigenvalue weighted by atomic mass is 15.3. The molecule has 4 aromatic heterocycles. The molecule has 1 radical (unpaired) electrons. The van der Waals surface area contributed by atoms with Crippen LogP contribution in [0.25, 0.3) is 22.3 Å². The van der Waals surface area contributed by atoms with Crippen molar-refractivity contribution in [2.45, 2.75) is 32.6 Å². The summed E-state index contributed by atoms with van der Waals surface area (Å²) in [6.45, 7) is 4.36. The molecule has 1 saturated carbocycles. The molecule has 2 aliphatic carbocycles. The van der Waals surface area contributed by atoms with Crippen molar-refractivity contribution in [3.8, 4) is 11.8 Å². The fraction of sp³-hybridized carbons (Fsp3) is 0.281. The van der Waals surface area contributed by atoms with Crippen LogP contribution in [0.5, 0.6) is 0 Å². The van der Waals surface area contributed by atoms with Gasteiger partial charge < -0.3 is 4.90 Å². The average molecular weight is 513 g/mol. The number of hydrogen-bond donors (Lipinski definition) is 0. The van der Waals surface area contributed by atoms with Crippen molar-refractivity contribution in [1.29, 1.82) is 0 Å². The minimum Gasteiger partial charge on any atom is -0.370 e. The predicted octanol–water partition coefficient (Wildman–Crippen LogP) is 5.48. The van der Waals surface area contributed by atoms with E-state index in [1.54, 1.807) is 17.2 Å². The van der Waals surface area contributed by atoms with E-state index in [0.717, 1.165) is 47.3 Å². The topological polar surface area (TPSA) is 63.6 Å². The van der Waals surface area contributed by atoms with E-state index in [1.807, 2.05) is 16.9 Å². The van der Waals surface area contributed by atoms with Crippen LogP contribution in [0.4, 0.5) is 5.69 Å². The van der Waals surface area contributed by atoms with Crippen molar-refractivity contribution in [1.82, 2.24) is 29.2 Å². The Hall–Kier alpha value is -4.44. The predicted molar refractivity (Wildman–Crippen MR) is 154 cm³/mol. The Balaban J connectivity index is 0.00000264. The number of nitrogens with zero attached hydrogens (tertiary/aromatic N) is 7. The third-order valence-corrected chi connectivity index (χ3v) is 8.82. The zero-order chi connectivity index (χ0) is 25.9. The first-order valence-electron chi connectivity index (χ1n) is 13.8. The van der Waals surface area contributed by atoms with Gasteiger partial charge in [-0.3, -0.25) is 0 Å². The second kappa shape index (κ2) is 8.81. The molecular formula is C32H30N7. The van der Waals surface area contributed by atoms with Gasteiger partial charge in [0.25, 0.3) is 0 Å². The molecule has 8 rings (SSSR count). The van der Waals surface area contributed by atoms with Crippen LogP contribution >= 0.6 is 0 Å². The van der Waals surface area contributed by atoms with Crippen LogP contribution in [-0.2, 0) is 0 Å². The molecule has 1 aromatic carbocycles. The first-order valence-corrected chi connectivity index (χ1v) is 13.8. The summed E-state index contributed by atoms with van der Waals surface area (Å²) in [5.74, 6) is 8.59. The number of fused-ring (bicyclic) bond motifs is 3. The zero-order valence-electron chi connectivity index (χ0n) is 21.9. The lowest BCUT2D eigenvalue weighted by Gasteiger charge is -2.34. The lowest BCUT2D eigenvalue weighted by molar-refractivity contribution is 0.171. The molecule has 7 heteroatoms. The fourth-order valence-corrected chi connectivity index (χ4v) is 6.41. The van der Waals surface area contributed by atoms with Crippen LogP contribution in [0, 0.1) is 37.0 Å². The zero-order valence-corrected chi connectivity index (χ0v) is 21.9. The van der Waals surface area contributed by atoms with Crippen LogP contribution in [-0.4, -0.2) is 42.3 Å². The van der Waals surface area contributed by atoms with Crippen LogP contribution in [0.1, 0.15) is 55.1 Å². The van der Waals surface area contributed by atoms with Gasteiger partial charge >= 0.3 is 0 Å². The Morgan fingerprint density at radius 1 is 0.821 bits per heavy atom. The Bertz CT molecular complexity index is 1840. The van der Waals surface area contributed by atoms with Gasteiger partial charge in [0.05, 0.1) is 5.69 Å². The van der Waals surface area contributed by atoms with E-state index in [1.165, 1.54) is 59.2 Å². The van der Waals surface area contributed by atoms with Gasteiger partial charge in [-0.2, -0.15) is 10.2 Å². The van der Waals surface area contributed by atoms with E-state index < -0.39 is 0 Å². The minimum absolute atomic E-state index is 0. The Kier molecular flexibility index (Phi) is 5.09. The summed E-state index contributed by atoms with van der Waals surface area (Å²) in [5.41, 5.74) is 11.0. The lowest BCUT2D eigenvalue weighted by Crippen LogP contribution is -2.24. The summed E-state index contributed by atoms with van der Waals surface area (Å²) < 4.78 is 3.71. The molecule has 3 aliphatic rings. The standard InChI is InChI=1S/C32H28N7.H2/c1-21-16-22(2-6-26(21)28-18-27(28)25-10-14-38-31(17-25)34-20-35-38)3-7-29-32-30(11-15-39(32)36-19-33-29)37-12-8-23-4-5-24(23)9-13-37;/h2,6,10-11,14-20,23-24H,4-5,8-9,12-13H2,1H3;1H. The SMILES string of the molecule is Cc1cc(C#Cc2ncnn3ccc(N4CCC5CCC5CC4)c23)ccc1C1=C(c2ccn3ncnc3c2)[CH]1.[HH]. The largest absolute Gasteiger partial charge is 0.370 e. The van der Waals surface area contributed by atoms with Gasteiger partial charge in [-0.15, -0.1) is 0 Å². The highest BCUT2D eigenvalue weighted by Gasteiger charge is 2.34. The summed E-state index contributed by atoms with van der Waals surface area (Å²) in [4.78, 5) is 11.4. The van der Waals surface area contributed by atoms with E-state index in [9.17, 15) is 0 Å². The highest BCUT2D eigenvalue weighted by molar-refractivity contribution is 6.18. The van der Waals surface area contributed by atoms with E-state index in [4.69, 9.17) is 0 Å². The molecule has 5 heterocycles. The number of allylic oxidation sites excluding steroid dienone is 2. The smallest absolute Gasteiger partial charge is 0.155 e. The molecule has 0 amide bonds. The highest BCUT2D eigenvalue weighted by Crippen LogP contribution is 2.47. The maximum atomic E-state index is 4.60. The van der Waals surface area contributed by atoms with Crippen LogP contribution in [0.3, 0.4) is 0 Å². The number of anilines is 1. The van der Waals surface area contributed by atoms with Crippen LogP contribution < -0.4 is 4.90 Å². The Morgan fingerprint density at radius 2 is 1.62 bits per heavy atom. The number of benzene rings is 1. The third-order valence-electron chi connectivity index (χ3n) is 8.82. The summed E-state index contributed by atoms with van der Waals surface area (Å²) in [6, 6.07) is 12.8. The molecular weight excluding hydrogens is 482 g/mol. The molecule has 193 valence electrons. The summed E-state index contributed by atoms with van der Waals surface area (Å²) >= 11 is 0. The van der Waals surface area contributed by atoms with Gasteiger partial charge in [-0.25, -0.2) is 19.0 Å². The number of hydrogen-bond acceptors (Lipinski definition) is 5. The molecule has 2 fully saturated rings. The molecule has 2 unspecified atom stereocenters. The van der Waals surface area contributed by atoms with Gasteiger partial charge in [-0.05, 0) is 109 Å². The van der Waals surface area contributed by atoms with Gasteiger partial charge in [-0.1, -0.05) is 12.0 Å². The molecule has 7 nitrogen and oxygen atoms in total. The van der Waals surface area contributed by atoms with Gasteiger partial charge in [0.2, 0.25) is 0 Å². The molecule has 0 spiro atoms. The van der Waals surface area contributed by atoms with E-state index >= 15 is 0 Å². The molecule has 0 bridgehead atoms. The van der Waals surface area contributed by atoms with Crippen LogP contribution in [0.2, 0.25) is 0 Å². The van der Waals surface area contributed by atoms with Crippen molar-refractivity contribution in [2.75, 3.05) is 18.0 Å². The molecule has 0 N–H and O–H groups in total. The van der Waals surface area contributed by atoms with Gasteiger partial charge in [0.15, 0.2) is 5.65 Å². The minimum atomic E-state index is 0. The molecule has 1 aliphatic heterocycles. The maximum Gasteiger partial charge on any atom is 0.155 e. The molecule has 2 atom stereocenters. The second-order valence-corrected chi connectivity index (χ2v) is 11.0. The summed E-state index contributed by atoms with van der Waals surface area (Å²) in [5, 5.41) is 8.66. The van der Waals surface area contributed by atoms with E-state index in [0.29, 0.717) is 0 Å². The van der Waals surface area contributed by atoms with Gasteiger partial charge in [0.1, 0.15) is 23.9 Å². The molecule has 1 saturated heterocycles. The Labute approximate surface area is 228 Å². The first-order chi connectivity index (χ1) is 19.2. The normalized spacial score (nSPS) is 20.4. The number of aromatic nitrogens is 6. The van der Waals surface area contributed by atoms with Crippen molar-refractivity contribution in [3.63, 3.8) is 0 Å². The lowest BCUT2D eigenvalue weighted by atomic mass is 9.71. The maximum absolute atomic E-state index is 4.60. The number of aryl methyl sites for hydroxylation is 1. The molecule has 39 heavy (non-hydrogen) atoms. The van der Waals surface area contributed by atoms with Crippen molar-refractivity contribution >= 4 is 28.0 Å². The Morgan fingerprint density at radius 3 is 2.44 bits per heavy atom. The van der Waals surface area contributed by atoms with E-state index in [2.05, 4.69) is 86.6 Å². The van der Waals surface area contributed by atoms with E-state index in [-0.39, 0.29) is 1.43 Å².